The summed E-state index contributed by atoms with van der Waals surface area (Å²) in [6.07, 6.45) is 0.996. The van der Waals surface area contributed by atoms with Crippen LogP contribution < -0.4 is 11.1 Å². The van der Waals surface area contributed by atoms with Crippen LogP contribution in [0.1, 0.15) is 25.8 Å². The number of nitrogens with two attached hydrogens (primary N) is 1. The summed E-state index contributed by atoms with van der Waals surface area (Å²) in [5.74, 6) is 0. The van der Waals surface area contributed by atoms with Crippen molar-refractivity contribution in [1.29, 1.82) is 5.26 Å². The topological polar surface area (TPSA) is 61.8 Å². The molecule has 1 aromatic rings. The SMILES string of the molecule is CC(C)(CCN)CNc1ccc(C#N)cc1. The van der Waals surface area contributed by atoms with Crippen molar-refractivity contribution in [1.82, 2.24) is 0 Å². The number of hydrogen-bond donors (Lipinski definition) is 2. The van der Waals surface area contributed by atoms with E-state index >= 15 is 0 Å². The van der Waals surface area contributed by atoms with Gasteiger partial charge in [-0.25, -0.2) is 0 Å². The molecule has 3 heteroatoms. The van der Waals surface area contributed by atoms with Gasteiger partial charge in [0.25, 0.3) is 0 Å². The number of nitriles is 1. The second-order valence-electron chi connectivity index (χ2n) is 4.75. The molecule has 86 valence electrons. The molecule has 0 aliphatic rings. The molecule has 0 fully saturated rings. The molecule has 0 radical (unpaired) electrons. The zero-order valence-electron chi connectivity index (χ0n) is 9.96. The molecule has 0 saturated carbocycles. The lowest BCUT2D eigenvalue weighted by Crippen LogP contribution is -2.26. The highest BCUT2D eigenvalue weighted by atomic mass is 14.9. The minimum absolute atomic E-state index is 0.197. The summed E-state index contributed by atoms with van der Waals surface area (Å²) in [5, 5.41) is 12.0. The van der Waals surface area contributed by atoms with Gasteiger partial charge in [-0.2, -0.15) is 5.26 Å². The number of nitrogens with zero attached hydrogens (tertiary/aromatic N) is 1. The normalized spacial score (nSPS) is 10.9. The number of rotatable bonds is 5. The molecule has 0 heterocycles. The highest BCUT2D eigenvalue weighted by Gasteiger charge is 2.15. The van der Waals surface area contributed by atoms with Gasteiger partial charge in [-0.1, -0.05) is 13.8 Å². The van der Waals surface area contributed by atoms with Gasteiger partial charge < -0.3 is 11.1 Å². The molecular weight excluding hydrogens is 198 g/mol. The average molecular weight is 217 g/mol. The Bertz CT molecular complexity index is 360. The molecule has 3 nitrogen and oxygen atoms in total. The quantitative estimate of drug-likeness (QED) is 0.795. The van der Waals surface area contributed by atoms with Crippen LogP contribution in [0.5, 0.6) is 0 Å². The largest absolute Gasteiger partial charge is 0.385 e. The first kappa shape index (κ1) is 12.5. The van der Waals surface area contributed by atoms with E-state index in [4.69, 9.17) is 11.0 Å². The number of benzene rings is 1. The molecule has 0 spiro atoms. The Hall–Kier alpha value is -1.53. The minimum Gasteiger partial charge on any atom is -0.385 e. The van der Waals surface area contributed by atoms with E-state index in [9.17, 15) is 0 Å². The highest BCUT2D eigenvalue weighted by molar-refractivity contribution is 5.47. The number of anilines is 1. The van der Waals surface area contributed by atoms with Gasteiger partial charge >= 0.3 is 0 Å². The predicted molar refractivity (Wildman–Crippen MR) is 67.1 cm³/mol. The van der Waals surface area contributed by atoms with E-state index in [0.29, 0.717) is 12.1 Å². The van der Waals surface area contributed by atoms with Crippen LogP contribution in [0.15, 0.2) is 24.3 Å². The lowest BCUT2D eigenvalue weighted by atomic mass is 9.89. The van der Waals surface area contributed by atoms with Crippen LogP contribution in [0.4, 0.5) is 5.69 Å². The smallest absolute Gasteiger partial charge is 0.0991 e. The first-order valence-corrected chi connectivity index (χ1v) is 5.51. The number of hydrogen-bond acceptors (Lipinski definition) is 3. The van der Waals surface area contributed by atoms with E-state index in [1.54, 1.807) is 0 Å². The summed E-state index contributed by atoms with van der Waals surface area (Å²) in [6, 6.07) is 9.59. The van der Waals surface area contributed by atoms with Crippen LogP contribution in [0.25, 0.3) is 0 Å². The van der Waals surface area contributed by atoms with Crippen molar-refractivity contribution < 1.29 is 0 Å². The van der Waals surface area contributed by atoms with Gasteiger partial charge in [-0.3, -0.25) is 0 Å². The third-order valence-electron chi connectivity index (χ3n) is 2.61. The van der Waals surface area contributed by atoms with Crippen molar-refractivity contribution in [2.24, 2.45) is 11.1 Å². The summed E-state index contributed by atoms with van der Waals surface area (Å²) in [7, 11) is 0. The lowest BCUT2D eigenvalue weighted by Gasteiger charge is -2.24. The van der Waals surface area contributed by atoms with Crippen molar-refractivity contribution in [2.45, 2.75) is 20.3 Å². The van der Waals surface area contributed by atoms with E-state index in [0.717, 1.165) is 18.7 Å². The van der Waals surface area contributed by atoms with Gasteiger partial charge in [0, 0.05) is 12.2 Å². The molecule has 0 aliphatic heterocycles. The molecule has 0 bridgehead atoms. The van der Waals surface area contributed by atoms with Gasteiger partial charge in [-0.05, 0) is 42.6 Å². The van der Waals surface area contributed by atoms with Crippen LogP contribution in [0.3, 0.4) is 0 Å². The monoisotopic (exact) mass is 217 g/mol. The number of nitrogens with one attached hydrogen (secondary N) is 1. The van der Waals surface area contributed by atoms with Gasteiger partial charge in [0.1, 0.15) is 0 Å². The standard InChI is InChI=1S/C13H19N3/c1-13(2,7-8-14)10-16-12-5-3-11(9-15)4-6-12/h3-6,16H,7-8,10,14H2,1-2H3. The van der Waals surface area contributed by atoms with Gasteiger partial charge in [0.2, 0.25) is 0 Å². The molecule has 1 rings (SSSR count). The second kappa shape index (κ2) is 5.53. The van der Waals surface area contributed by atoms with Gasteiger partial charge in [0.05, 0.1) is 11.6 Å². The average Bonchev–Trinajstić information content (AvgIpc) is 2.27. The van der Waals surface area contributed by atoms with E-state index < -0.39 is 0 Å². The molecular formula is C13H19N3. The molecule has 3 N–H and O–H groups in total. The molecule has 0 aliphatic carbocycles. The first-order valence-electron chi connectivity index (χ1n) is 5.51. The molecule has 0 saturated heterocycles. The molecule has 0 unspecified atom stereocenters. The Morgan fingerprint density at radius 1 is 1.31 bits per heavy atom. The molecule has 0 amide bonds. The summed E-state index contributed by atoms with van der Waals surface area (Å²) in [5.41, 5.74) is 7.49. The van der Waals surface area contributed by atoms with Crippen molar-refractivity contribution in [3.63, 3.8) is 0 Å². The van der Waals surface area contributed by atoms with Crippen LogP contribution in [-0.4, -0.2) is 13.1 Å². The lowest BCUT2D eigenvalue weighted by molar-refractivity contribution is 0.365. The zero-order chi connectivity index (χ0) is 12.0. The fourth-order valence-corrected chi connectivity index (χ4v) is 1.48. The van der Waals surface area contributed by atoms with Crippen molar-refractivity contribution in [2.75, 3.05) is 18.4 Å². The second-order valence-corrected chi connectivity index (χ2v) is 4.75. The molecule has 1 aromatic carbocycles. The van der Waals surface area contributed by atoms with Crippen molar-refractivity contribution in [3.05, 3.63) is 29.8 Å². The van der Waals surface area contributed by atoms with Crippen molar-refractivity contribution in [3.8, 4) is 6.07 Å². The van der Waals surface area contributed by atoms with E-state index in [2.05, 4.69) is 25.2 Å². The Kier molecular flexibility index (Phi) is 4.33. The van der Waals surface area contributed by atoms with Crippen molar-refractivity contribution >= 4 is 5.69 Å². The highest BCUT2D eigenvalue weighted by Crippen LogP contribution is 2.20. The maximum atomic E-state index is 8.67. The predicted octanol–water partition coefficient (Wildman–Crippen LogP) is 2.35. The summed E-state index contributed by atoms with van der Waals surface area (Å²) < 4.78 is 0. The third kappa shape index (κ3) is 3.92. The maximum absolute atomic E-state index is 8.67. The fraction of sp³-hybridized carbons (Fsp3) is 0.462. The van der Waals surface area contributed by atoms with E-state index in [1.165, 1.54) is 0 Å². The zero-order valence-corrected chi connectivity index (χ0v) is 9.96. The molecule has 0 atom stereocenters. The third-order valence-corrected chi connectivity index (χ3v) is 2.61. The molecule has 0 aromatic heterocycles. The maximum Gasteiger partial charge on any atom is 0.0991 e. The Balaban J connectivity index is 2.52. The van der Waals surface area contributed by atoms with Gasteiger partial charge in [-0.15, -0.1) is 0 Å². The van der Waals surface area contributed by atoms with Crippen LogP contribution in [0.2, 0.25) is 0 Å². The summed E-state index contributed by atoms with van der Waals surface area (Å²) in [4.78, 5) is 0. The van der Waals surface area contributed by atoms with Crippen LogP contribution in [-0.2, 0) is 0 Å². The van der Waals surface area contributed by atoms with Crippen LogP contribution in [0, 0.1) is 16.7 Å². The first-order chi connectivity index (χ1) is 7.57. The summed E-state index contributed by atoms with van der Waals surface area (Å²) >= 11 is 0. The van der Waals surface area contributed by atoms with E-state index in [1.807, 2.05) is 24.3 Å². The Labute approximate surface area is 97.3 Å². The minimum atomic E-state index is 0.197. The van der Waals surface area contributed by atoms with E-state index in [-0.39, 0.29) is 5.41 Å². The Morgan fingerprint density at radius 2 is 1.94 bits per heavy atom. The molecule has 16 heavy (non-hydrogen) atoms. The Morgan fingerprint density at radius 3 is 2.44 bits per heavy atom. The fourth-order valence-electron chi connectivity index (χ4n) is 1.48. The van der Waals surface area contributed by atoms with Gasteiger partial charge in [0.15, 0.2) is 0 Å². The summed E-state index contributed by atoms with van der Waals surface area (Å²) in [6.45, 7) is 5.98. The van der Waals surface area contributed by atoms with Crippen LogP contribution >= 0.6 is 0 Å².